The number of benzene rings is 1. The fourth-order valence-electron chi connectivity index (χ4n) is 2.67. The molecule has 0 spiro atoms. The highest BCUT2D eigenvalue weighted by molar-refractivity contribution is 8.07. The van der Waals surface area contributed by atoms with Crippen LogP contribution in [0, 0.1) is 0 Å². The minimum absolute atomic E-state index is 0.0421. The second kappa shape index (κ2) is 9.87. The predicted molar refractivity (Wildman–Crippen MR) is 119 cm³/mol. The maximum absolute atomic E-state index is 13.0. The van der Waals surface area contributed by atoms with E-state index in [1.165, 1.54) is 10.1 Å². The average Bonchev–Trinajstić information content (AvgIpc) is 2.96. The van der Waals surface area contributed by atoms with Gasteiger partial charge in [0.15, 0.2) is 41.2 Å². The summed E-state index contributed by atoms with van der Waals surface area (Å²) in [5.74, 6) is -1.59. The van der Waals surface area contributed by atoms with Crippen molar-refractivity contribution in [2.45, 2.75) is 18.7 Å². The Hall–Kier alpha value is -2.00. The molecule has 0 aromatic heterocycles. The van der Waals surface area contributed by atoms with Crippen molar-refractivity contribution < 1.29 is 31.1 Å². The van der Waals surface area contributed by atoms with Crippen LogP contribution < -0.4 is 20.3 Å². The molecule has 1 aliphatic heterocycles. The van der Waals surface area contributed by atoms with Crippen LogP contribution in [0.25, 0.3) is 0 Å². The van der Waals surface area contributed by atoms with Crippen LogP contribution in [0.1, 0.15) is 24.2 Å². The van der Waals surface area contributed by atoms with Crippen molar-refractivity contribution in [1.82, 2.24) is 21.0 Å². The number of rotatable bonds is 8. The van der Waals surface area contributed by atoms with Crippen molar-refractivity contribution in [2.24, 2.45) is 5.10 Å². The van der Waals surface area contributed by atoms with Crippen LogP contribution in [0.15, 0.2) is 10.00 Å². The summed E-state index contributed by atoms with van der Waals surface area (Å²) in [5.41, 5.74) is 2.27. The Balaban J connectivity index is 2.75. The number of amides is 1. The molecule has 0 saturated heterocycles. The number of carbonyl (C=O) groups excluding carboxylic acids is 1. The lowest BCUT2D eigenvalue weighted by Gasteiger charge is -2.22. The first-order valence-corrected chi connectivity index (χ1v) is 13.5. The van der Waals surface area contributed by atoms with E-state index in [4.69, 9.17) is 32.7 Å². The highest BCUT2D eigenvalue weighted by Gasteiger charge is 2.37. The van der Waals surface area contributed by atoms with Crippen molar-refractivity contribution >= 4 is 54.7 Å². The molecule has 1 aromatic rings. The lowest BCUT2D eigenvalue weighted by atomic mass is 10.1. The number of guanidine groups is 1. The Labute approximate surface area is 196 Å². The number of carbonyl (C=O) groups is 1. The zero-order valence-electron chi connectivity index (χ0n) is 17.9. The third kappa shape index (κ3) is 5.49. The summed E-state index contributed by atoms with van der Waals surface area (Å²) < 4.78 is 60.3. The van der Waals surface area contributed by atoms with Gasteiger partial charge in [0.05, 0.1) is 28.8 Å². The van der Waals surface area contributed by atoms with Gasteiger partial charge in [-0.3, -0.25) is 15.1 Å². The van der Waals surface area contributed by atoms with Crippen LogP contribution in [0.5, 0.6) is 11.5 Å². The summed E-state index contributed by atoms with van der Waals surface area (Å²) in [6, 6.07) is 0. The van der Waals surface area contributed by atoms with Gasteiger partial charge >= 0.3 is 0 Å². The van der Waals surface area contributed by atoms with E-state index in [1.54, 1.807) is 27.9 Å². The van der Waals surface area contributed by atoms with E-state index in [-0.39, 0.29) is 24.7 Å². The monoisotopic (exact) mass is 531 g/mol. The van der Waals surface area contributed by atoms with E-state index in [1.807, 2.05) is 0 Å². The SMILES string of the molecule is CCOc1c(Cl)c(C(=O)NC2=NNN(C)N2C)c(Cl)c(OCC)c1S(=O)(=O)CS(C)(=O)=O. The van der Waals surface area contributed by atoms with Crippen molar-refractivity contribution in [1.29, 1.82) is 0 Å². The van der Waals surface area contributed by atoms with Crippen molar-refractivity contribution in [2.75, 3.05) is 38.6 Å². The van der Waals surface area contributed by atoms with E-state index >= 15 is 0 Å². The zero-order valence-corrected chi connectivity index (χ0v) is 21.0. The van der Waals surface area contributed by atoms with Crippen LogP contribution in [-0.2, 0) is 19.7 Å². The van der Waals surface area contributed by atoms with E-state index in [9.17, 15) is 21.6 Å². The fraction of sp³-hybridized carbons (Fsp3) is 0.500. The normalized spacial score (nSPS) is 14.7. The van der Waals surface area contributed by atoms with Gasteiger partial charge in [-0.1, -0.05) is 23.2 Å². The Morgan fingerprint density at radius 3 is 1.94 bits per heavy atom. The van der Waals surface area contributed by atoms with Gasteiger partial charge in [0.2, 0.25) is 5.96 Å². The number of hydrogen-bond acceptors (Lipinski definition) is 11. The number of ether oxygens (including phenoxy) is 2. The summed E-state index contributed by atoms with van der Waals surface area (Å²) in [5, 5.41) is 7.27. The molecule has 1 heterocycles. The molecule has 1 aromatic carbocycles. The first-order valence-electron chi connectivity index (χ1n) is 9.08. The van der Waals surface area contributed by atoms with Gasteiger partial charge < -0.3 is 9.47 Å². The smallest absolute Gasteiger partial charge is 0.261 e. The first-order chi connectivity index (χ1) is 14.7. The quantitative estimate of drug-likeness (QED) is 0.494. The molecule has 0 atom stereocenters. The number of halogens is 2. The molecule has 0 fully saturated rings. The Bertz CT molecular complexity index is 1120. The maximum Gasteiger partial charge on any atom is 0.261 e. The topological polar surface area (TPSA) is 147 Å². The summed E-state index contributed by atoms with van der Waals surface area (Å²) in [6.45, 7) is 3.03. The highest BCUT2D eigenvalue weighted by atomic mass is 35.5. The third-order valence-electron chi connectivity index (χ3n) is 4.02. The van der Waals surface area contributed by atoms with Crippen LogP contribution in [0.2, 0.25) is 10.0 Å². The standard InChI is InChI=1S/C16H23Cl2N5O7S2/c1-6-29-12-10(17)9(15(24)19-16-20-21-23(4)22(16)3)11(18)13(30-7-2)14(12)32(27,28)8-31(5,25)26/h21H,6-8H2,1-5H3,(H,19,20,24). The van der Waals surface area contributed by atoms with Crippen LogP contribution in [0.3, 0.4) is 0 Å². The van der Waals surface area contributed by atoms with Gasteiger partial charge in [0.1, 0.15) is 0 Å². The Morgan fingerprint density at radius 2 is 1.56 bits per heavy atom. The number of sulfone groups is 2. The molecule has 0 bridgehead atoms. The van der Waals surface area contributed by atoms with Crippen LogP contribution >= 0.6 is 23.2 Å². The number of hydrogen-bond donors (Lipinski definition) is 2. The number of nitrogens with one attached hydrogen (secondary N) is 2. The van der Waals surface area contributed by atoms with Crippen molar-refractivity contribution in [3.05, 3.63) is 15.6 Å². The van der Waals surface area contributed by atoms with Gasteiger partial charge in [-0.2, -0.15) is 0 Å². The molecule has 0 unspecified atom stereocenters. The fourth-order valence-corrected chi connectivity index (χ4v) is 7.10. The van der Waals surface area contributed by atoms with Gasteiger partial charge in [-0.25, -0.2) is 22.4 Å². The van der Waals surface area contributed by atoms with E-state index in [0.29, 0.717) is 0 Å². The molecular weight excluding hydrogens is 509 g/mol. The molecule has 1 aliphatic rings. The molecule has 2 rings (SSSR count). The molecule has 1 amide bonds. The number of nitrogens with zero attached hydrogens (tertiary/aromatic N) is 3. The molecule has 180 valence electrons. The lowest BCUT2D eigenvalue weighted by Crippen LogP contribution is -2.46. The maximum atomic E-state index is 13.0. The van der Waals surface area contributed by atoms with Crippen molar-refractivity contribution in [3.63, 3.8) is 0 Å². The Morgan fingerprint density at radius 1 is 1.06 bits per heavy atom. The molecule has 0 aliphatic carbocycles. The summed E-state index contributed by atoms with van der Waals surface area (Å²) in [7, 11) is -5.25. The van der Waals surface area contributed by atoms with Gasteiger partial charge in [-0.15, -0.1) is 10.2 Å². The molecule has 12 nitrogen and oxygen atoms in total. The molecule has 0 saturated carbocycles. The third-order valence-corrected chi connectivity index (χ3v) is 8.69. The van der Waals surface area contributed by atoms with Gasteiger partial charge in [0, 0.05) is 20.4 Å². The Kier molecular flexibility index (Phi) is 8.10. The van der Waals surface area contributed by atoms with Gasteiger partial charge in [0.25, 0.3) is 5.91 Å². The molecule has 2 N–H and O–H groups in total. The second-order valence-corrected chi connectivity index (χ2v) is 11.7. The van der Waals surface area contributed by atoms with Crippen LogP contribution in [-0.4, -0.2) is 77.5 Å². The largest absolute Gasteiger partial charge is 0.491 e. The predicted octanol–water partition coefficient (Wildman–Crippen LogP) is 0.864. The molecule has 0 radical (unpaired) electrons. The molecule has 32 heavy (non-hydrogen) atoms. The minimum Gasteiger partial charge on any atom is -0.491 e. The average molecular weight is 532 g/mol. The molecule has 16 heteroatoms. The van der Waals surface area contributed by atoms with Gasteiger partial charge in [-0.05, 0) is 13.8 Å². The molecular formula is C16H23Cl2N5O7S2. The van der Waals surface area contributed by atoms with E-state index < -0.39 is 57.1 Å². The van der Waals surface area contributed by atoms with E-state index in [2.05, 4.69) is 16.0 Å². The van der Waals surface area contributed by atoms with Crippen LogP contribution in [0.4, 0.5) is 0 Å². The number of hydrazone groups is 1. The number of hydrazine groups is 2. The second-order valence-electron chi connectivity index (χ2n) is 6.55. The van der Waals surface area contributed by atoms with Crippen molar-refractivity contribution in [3.8, 4) is 11.5 Å². The zero-order chi connectivity index (χ0) is 24.4. The summed E-state index contributed by atoms with van der Waals surface area (Å²) >= 11 is 12.7. The van der Waals surface area contributed by atoms with E-state index in [0.717, 1.165) is 6.26 Å². The lowest BCUT2D eigenvalue weighted by molar-refractivity contribution is 0.0687. The minimum atomic E-state index is -4.54. The highest BCUT2D eigenvalue weighted by Crippen LogP contribution is 2.48. The summed E-state index contributed by atoms with van der Waals surface area (Å²) in [6.07, 6.45) is 0.764. The summed E-state index contributed by atoms with van der Waals surface area (Å²) in [4.78, 5) is 12.4. The first kappa shape index (κ1) is 26.3.